The molecule has 2 aromatic rings. The highest BCUT2D eigenvalue weighted by molar-refractivity contribution is 5.64. The van der Waals surface area contributed by atoms with Crippen molar-refractivity contribution in [2.75, 3.05) is 19.6 Å². The quantitative estimate of drug-likeness (QED) is 0.921. The van der Waals surface area contributed by atoms with Crippen LogP contribution in [0.15, 0.2) is 18.3 Å². The third-order valence-corrected chi connectivity index (χ3v) is 5.32. The molecule has 1 N–H and O–H groups in total. The van der Waals surface area contributed by atoms with Gasteiger partial charge in [-0.25, -0.2) is 0 Å². The van der Waals surface area contributed by atoms with Crippen molar-refractivity contribution in [3.63, 3.8) is 0 Å². The molecule has 2 aliphatic rings. The normalized spacial score (nSPS) is 28.0. The van der Waals surface area contributed by atoms with Crippen LogP contribution >= 0.6 is 0 Å². The van der Waals surface area contributed by atoms with E-state index in [1.54, 1.807) is 0 Å². The molecule has 21 heavy (non-hydrogen) atoms. The summed E-state index contributed by atoms with van der Waals surface area (Å²) in [5, 5.41) is 7.31. The number of aromatic nitrogens is 3. The molecule has 0 spiro atoms. The van der Waals surface area contributed by atoms with Gasteiger partial charge in [-0.2, -0.15) is 5.10 Å². The van der Waals surface area contributed by atoms with Gasteiger partial charge in [0.15, 0.2) is 0 Å². The number of rotatable bonds is 2. The van der Waals surface area contributed by atoms with Crippen LogP contribution in [0.4, 0.5) is 0 Å². The Bertz CT molecular complexity index is 634. The molecule has 0 amide bonds. The van der Waals surface area contributed by atoms with Crippen molar-refractivity contribution in [2.24, 2.45) is 0 Å². The molecular formula is C17H22N4. The average molecular weight is 282 g/mol. The molecule has 4 rings (SSSR count). The molecule has 4 nitrogen and oxygen atoms in total. The monoisotopic (exact) mass is 282 g/mol. The molecule has 4 heteroatoms. The smallest absolute Gasteiger partial charge is 0.0739 e. The first-order valence-corrected chi connectivity index (χ1v) is 7.89. The van der Waals surface area contributed by atoms with Crippen molar-refractivity contribution >= 4 is 0 Å². The topological polar surface area (TPSA) is 44.8 Å². The second-order valence-electron chi connectivity index (χ2n) is 6.65. The Morgan fingerprint density at radius 1 is 1.19 bits per heavy atom. The first kappa shape index (κ1) is 13.0. The van der Waals surface area contributed by atoms with Gasteiger partial charge in [0.05, 0.1) is 11.4 Å². The highest BCUT2D eigenvalue weighted by Crippen LogP contribution is 2.42. The van der Waals surface area contributed by atoms with Gasteiger partial charge in [0, 0.05) is 29.4 Å². The molecule has 2 atom stereocenters. The summed E-state index contributed by atoms with van der Waals surface area (Å²) in [4.78, 5) is 7.35. The lowest BCUT2D eigenvalue weighted by Gasteiger charge is -2.34. The molecule has 0 radical (unpaired) electrons. The number of hydrogen-bond acceptors (Lipinski definition) is 3. The Morgan fingerprint density at radius 2 is 2.10 bits per heavy atom. The first-order valence-electron chi connectivity index (χ1n) is 7.89. The highest BCUT2D eigenvalue weighted by atomic mass is 15.2. The van der Waals surface area contributed by atoms with Gasteiger partial charge in [-0.05, 0) is 57.8 Å². The molecule has 4 heterocycles. The van der Waals surface area contributed by atoms with Crippen molar-refractivity contribution in [1.29, 1.82) is 0 Å². The lowest BCUT2D eigenvalue weighted by Crippen LogP contribution is -2.36. The van der Waals surface area contributed by atoms with E-state index in [1.807, 2.05) is 6.92 Å². The minimum Gasteiger partial charge on any atom is -0.302 e. The SMILES string of the molecule is Cc1n[nH]c(C)c1-c1ccc(C23CCCN(CC2)C3)cn1. The van der Waals surface area contributed by atoms with Crippen LogP contribution in [-0.4, -0.2) is 39.7 Å². The number of nitrogens with one attached hydrogen (secondary N) is 1. The van der Waals surface area contributed by atoms with Crippen molar-refractivity contribution in [3.8, 4) is 11.3 Å². The summed E-state index contributed by atoms with van der Waals surface area (Å²) in [7, 11) is 0. The summed E-state index contributed by atoms with van der Waals surface area (Å²) in [6.45, 7) is 7.84. The summed E-state index contributed by atoms with van der Waals surface area (Å²) in [6, 6.07) is 4.47. The van der Waals surface area contributed by atoms with Crippen molar-refractivity contribution in [3.05, 3.63) is 35.3 Å². The van der Waals surface area contributed by atoms with Gasteiger partial charge in [0.1, 0.15) is 0 Å². The number of hydrogen-bond donors (Lipinski definition) is 1. The van der Waals surface area contributed by atoms with Crippen LogP contribution in [0.3, 0.4) is 0 Å². The third kappa shape index (κ3) is 2.01. The largest absolute Gasteiger partial charge is 0.302 e. The molecule has 2 bridgehead atoms. The number of pyridine rings is 1. The van der Waals surface area contributed by atoms with E-state index < -0.39 is 0 Å². The van der Waals surface area contributed by atoms with Crippen LogP contribution in [0.2, 0.25) is 0 Å². The molecule has 2 saturated heterocycles. The minimum atomic E-state index is 0.365. The number of nitrogens with zero attached hydrogens (tertiary/aromatic N) is 3. The zero-order chi connectivity index (χ0) is 14.4. The molecule has 2 aliphatic heterocycles. The van der Waals surface area contributed by atoms with Gasteiger partial charge in [-0.3, -0.25) is 10.1 Å². The second-order valence-corrected chi connectivity index (χ2v) is 6.65. The molecule has 0 aliphatic carbocycles. The van der Waals surface area contributed by atoms with Crippen LogP contribution in [0.1, 0.15) is 36.2 Å². The molecular weight excluding hydrogens is 260 g/mol. The summed E-state index contributed by atoms with van der Waals surface area (Å²) < 4.78 is 0. The van der Waals surface area contributed by atoms with E-state index in [9.17, 15) is 0 Å². The number of aryl methyl sites for hydroxylation is 2. The van der Waals surface area contributed by atoms with Gasteiger partial charge < -0.3 is 4.90 Å². The second kappa shape index (κ2) is 4.67. The van der Waals surface area contributed by atoms with Gasteiger partial charge >= 0.3 is 0 Å². The van der Waals surface area contributed by atoms with Gasteiger partial charge in [-0.15, -0.1) is 0 Å². The minimum absolute atomic E-state index is 0.365. The maximum absolute atomic E-state index is 4.75. The predicted octanol–water partition coefficient (Wildman–Crippen LogP) is 2.83. The van der Waals surface area contributed by atoms with E-state index >= 15 is 0 Å². The maximum Gasteiger partial charge on any atom is 0.0739 e. The highest BCUT2D eigenvalue weighted by Gasteiger charge is 2.42. The molecule has 0 saturated carbocycles. The average Bonchev–Trinajstić information content (AvgIpc) is 3.00. The number of H-pyrrole nitrogens is 1. The Morgan fingerprint density at radius 3 is 2.81 bits per heavy atom. The van der Waals surface area contributed by atoms with E-state index in [4.69, 9.17) is 4.98 Å². The third-order valence-electron chi connectivity index (χ3n) is 5.32. The van der Waals surface area contributed by atoms with Crippen LogP contribution < -0.4 is 0 Å². The van der Waals surface area contributed by atoms with Crippen molar-refractivity contribution < 1.29 is 0 Å². The van der Waals surface area contributed by atoms with E-state index in [0.29, 0.717) is 5.41 Å². The maximum atomic E-state index is 4.75. The van der Waals surface area contributed by atoms with Gasteiger partial charge in [0.2, 0.25) is 0 Å². The molecule has 2 unspecified atom stereocenters. The number of piperidine rings is 1. The zero-order valence-corrected chi connectivity index (χ0v) is 12.8. The van der Waals surface area contributed by atoms with Gasteiger partial charge in [-0.1, -0.05) is 6.07 Å². The summed E-state index contributed by atoms with van der Waals surface area (Å²) >= 11 is 0. The van der Waals surface area contributed by atoms with E-state index in [-0.39, 0.29) is 0 Å². The summed E-state index contributed by atoms with van der Waals surface area (Å²) in [6.07, 6.45) is 6.03. The first-order chi connectivity index (χ1) is 10.2. The summed E-state index contributed by atoms with van der Waals surface area (Å²) in [5.74, 6) is 0. The fraction of sp³-hybridized carbons (Fsp3) is 0.529. The molecule has 110 valence electrons. The fourth-order valence-corrected chi connectivity index (χ4v) is 4.16. The predicted molar refractivity (Wildman–Crippen MR) is 83.3 cm³/mol. The zero-order valence-electron chi connectivity index (χ0n) is 12.8. The van der Waals surface area contributed by atoms with Crippen LogP contribution in [0, 0.1) is 13.8 Å². The Balaban J connectivity index is 1.68. The van der Waals surface area contributed by atoms with Crippen molar-refractivity contribution in [2.45, 2.75) is 38.5 Å². The Hall–Kier alpha value is -1.68. The fourth-order valence-electron chi connectivity index (χ4n) is 4.16. The van der Waals surface area contributed by atoms with E-state index in [1.165, 1.54) is 44.5 Å². The molecule has 0 aromatic carbocycles. The number of fused-ring (bicyclic) bond motifs is 2. The van der Waals surface area contributed by atoms with Crippen LogP contribution in [0.5, 0.6) is 0 Å². The van der Waals surface area contributed by atoms with Crippen molar-refractivity contribution in [1.82, 2.24) is 20.1 Å². The number of aromatic amines is 1. The summed E-state index contributed by atoms with van der Waals surface area (Å²) in [5.41, 5.74) is 6.09. The van der Waals surface area contributed by atoms with E-state index in [2.05, 4.69) is 40.4 Å². The van der Waals surface area contributed by atoms with E-state index in [0.717, 1.165) is 22.6 Å². The van der Waals surface area contributed by atoms with Gasteiger partial charge in [0.25, 0.3) is 0 Å². The van der Waals surface area contributed by atoms with Crippen LogP contribution in [-0.2, 0) is 5.41 Å². The van der Waals surface area contributed by atoms with Crippen LogP contribution in [0.25, 0.3) is 11.3 Å². The molecule has 2 fully saturated rings. The standard InChI is InChI=1S/C17H22N4/c1-12-16(13(2)20-19-12)15-5-4-14(10-18-15)17-6-3-8-21(11-17)9-7-17/h4-5,10H,3,6-9,11H2,1-2H3,(H,19,20). The molecule has 2 aromatic heterocycles. The lowest BCUT2D eigenvalue weighted by molar-refractivity contribution is 0.243. The Kier molecular flexibility index (Phi) is 2.89. The Labute approximate surface area is 125 Å². The lowest BCUT2D eigenvalue weighted by atomic mass is 9.75.